The maximum absolute atomic E-state index is 13.8. The van der Waals surface area contributed by atoms with Crippen LogP contribution in [0.25, 0.3) is 6.08 Å². The van der Waals surface area contributed by atoms with Crippen LogP contribution in [0.15, 0.2) is 36.7 Å². The standard InChI is InChI=1S/C24H29F2N5O3/c25-18-5-4-17(21(26)13-18)8-10-31-11-9-20(16-31)29-22-15-27-19(14-28-22)6-7-23(32)30-34-24-3-1-2-12-33-24/h4-7,13-15,20,24H,1-3,8-12,16H2,(H,28,29)(H,30,32)/t20-,24?/m1/s1. The van der Waals surface area contributed by atoms with Gasteiger partial charge >= 0.3 is 0 Å². The Bertz CT molecular complexity index is 983. The van der Waals surface area contributed by atoms with Gasteiger partial charge < -0.3 is 15.0 Å². The van der Waals surface area contributed by atoms with Gasteiger partial charge in [-0.15, -0.1) is 0 Å². The van der Waals surface area contributed by atoms with Gasteiger partial charge in [-0.25, -0.2) is 24.1 Å². The van der Waals surface area contributed by atoms with E-state index in [2.05, 4.69) is 25.7 Å². The lowest BCUT2D eigenvalue weighted by atomic mass is 10.1. The molecule has 8 nitrogen and oxygen atoms in total. The number of halogens is 2. The number of carbonyl (C=O) groups is 1. The summed E-state index contributed by atoms with van der Waals surface area (Å²) in [6.45, 7) is 3.03. The Morgan fingerprint density at radius 3 is 2.91 bits per heavy atom. The number of rotatable bonds is 9. The molecule has 2 N–H and O–H groups in total. The quantitative estimate of drug-likeness (QED) is 0.427. The van der Waals surface area contributed by atoms with Crippen LogP contribution in [-0.4, -0.2) is 59.3 Å². The van der Waals surface area contributed by atoms with E-state index < -0.39 is 23.8 Å². The number of carbonyl (C=O) groups excluding carboxylic acids is 1. The van der Waals surface area contributed by atoms with Gasteiger partial charge in [-0.05, 0) is 43.4 Å². The molecule has 4 rings (SSSR count). The number of aromatic nitrogens is 2. The summed E-state index contributed by atoms with van der Waals surface area (Å²) in [5.41, 5.74) is 3.43. The monoisotopic (exact) mass is 473 g/mol. The number of hydroxylamine groups is 1. The molecule has 0 radical (unpaired) electrons. The molecule has 3 heterocycles. The Balaban J connectivity index is 1.17. The SMILES string of the molecule is O=C(C=Cc1cnc(N[C@@H]2CCN(CCc3ccc(F)cc3F)C2)cn1)NOC1CCCCO1. The van der Waals surface area contributed by atoms with E-state index in [1.54, 1.807) is 18.5 Å². The number of nitrogens with one attached hydrogen (secondary N) is 2. The number of likely N-dealkylation sites (tertiary alicyclic amines) is 1. The summed E-state index contributed by atoms with van der Waals surface area (Å²) in [4.78, 5) is 28.0. The first-order valence-corrected chi connectivity index (χ1v) is 11.6. The van der Waals surface area contributed by atoms with E-state index in [1.165, 1.54) is 18.2 Å². The van der Waals surface area contributed by atoms with Crippen molar-refractivity contribution < 1.29 is 23.1 Å². The van der Waals surface area contributed by atoms with Gasteiger partial charge in [-0.1, -0.05) is 6.07 Å². The smallest absolute Gasteiger partial charge is 0.267 e. The number of benzene rings is 1. The number of nitrogens with zero attached hydrogens (tertiary/aromatic N) is 3. The molecule has 2 saturated heterocycles. The van der Waals surface area contributed by atoms with E-state index in [9.17, 15) is 13.6 Å². The number of hydrogen-bond donors (Lipinski definition) is 2. The van der Waals surface area contributed by atoms with Crippen LogP contribution in [0.4, 0.5) is 14.6 Å². The number of ether oxygens (including phenoxy) is 1. The zero-order chi connectivity index (χ0) is 23.8. The molecule has 0 saturated carbocycles. The van der Waals surface area contributed by atoms with Crippen molar-refractivity contribution in [3.63, 3.8) is 0 Å². The number of hydrogen-bond acceptors (Lipinski definition) is 7. The first-order chi connectivity index (χ1) is 16.5. The lowest BCUT2D eigenvalue weighted by molar-refractivity contribution is -0.198. The normalized spacial score (nSPS) is 21.1. The molecule has 2 aromatic rings. The predicted molar refractivity (Wildman–Crippen MR) is 122 cm³/mol. The van der Waals surface area contributed by atoms with E-state index in [0.29, 0.717) is 36.6 Å². The summed E-state index contributed by atoms with van der Waals surface area (Å²) < 4.78 is 32.2. The van der Waals surface area contributed by atoms with Crippen LogP contribution in [0.5, 0.6) is 0 Å². The predicted octanol–water partition coefficient (Wildman–Crippen LogP) is 3.07. The van der Waals surface area contributed by atoms with Gasteiger partial charge in [0.25, 0.3) is 5.91 Å². The van der Waals surface area contributed by atoms with E-state index in [1.807, 2.05) is 0 Å². The maximum Gasteiger partial charge on any atom is 0.267 e. The second kappa shape index (κ2) is 12.0. The third-order valence-corrected chi connectivity index (χ3v) is 5.84. The highest BCUT2D eigenvalue weighted by atomic mass is 19.1. The third-order valence-electron chi connectivity index (χ3n) is 5.84. The number of anilines is 1. The Morgan fingerprint density at radius 2 is 2.15 bits per heavy atom. The topological polar surface area (TPSA) is 88.6 Å². The van der Waals surface area contributed by atoms with Crippen molar-refractivity contribution in [3.8, 4) is 0 Å². The molecular weight excluding hydrogens is 444 g/mol. The van der Waals surface area contributed by atoms with Gasteiger partial charge in [0, 0.05) is 50.8 Å². The van der Waals surface area contributed by atoms with Crippen LogP contribution >= 0.6 is 0 Å². The molecule has 2 aliphatic rings. The van der Waals surface area contributed by atoms with Gasteiger partial charge in [0.1, 0.15) is 17.5 Å². The Kier molecular flexibility index (Phi) is 8.51. The minimum atomic E-state index is -0.559. The van der Waals surface area contributed by atoms with Crippen molar-refractivity contribution >= 4 is 17.8 Å². The average molecular weight is 474 g/mol. The van der Waals surface area contributed by atoms with Crippen LogP contribution < -0.4 is 10.8 Å². The van der Waals surface area contributed by atoms with Crippen LogP contribution in [0, 0.1) is 11.6 Å². The van der Waals surface area contributed by atoms with E-state index in [0.717, 1.165) is 44.8 Å². The largest absolute Gasteiger partial charge is 0.365 e. The summed E-state index contributed by atoms with van der Waals surface area (Å²) in [5.74, 6) is -0.807. The summed E-state index contributed by atoms with van der Waals surface area (Å²) in [7, 11) is 0. The first kappa shape index (κ1) is 24.2. The van der Waals surface area contributed by atoms with Crippen LogP contribution in [0.3, 0.4) is 0 Å². The fourth-order valence-corrected chi connectivity index (χ4v) is 3.99. The van der Waals surface area contributed by atoms with Crippen LogP contribution in [0.1, 0.15) is 36.9 Å². The first-order valence-electron chi connectivity index (χ1n) is 11.6. The minimum absolute atomic E-state index is 0.207. The zero-order valence-corrected chi connectivity index (χ0v) is 18.9. The van der Waals surface area contributed by atoms with Crippen molar-refractivity contribution in [1.29, 1.82) is 0 Å². The van der Waals surface area contributed by atoms with Crippen LogP contribution in [0.2, 0.25) is 0 Å². The highest BCUT2D eigenvalue weighted by Gasteiger charge is 2.22. The summed E-state index contributed by atoms with van der Waals surface area (Å²) in [6, 6.07) is 3.92. The van der Waals surface area contributed by atoms with Gasteiger partial charge in [-0.3, -0.25) is 9.78 Å². The molecule has 1 unspecified atom stereocenters. The number of amides is 1. The van der Waals surface area contributed by atoms with Crippen molar-refractivity contribution in [2.24, 2.45) is 0 Å². The fourth-order valence-electron chi connectivity index (χ4n) is 3.99. The molecule has 10 heteroatoms. The summed E-state index contributed by atoms with van der Waals surface area (Å²) >= 11 is 0. The third kappa shape index (κ3) is 7.28. The Labute approximate surface area is 197 Å². The van der Waals surface area contributed by atoms with Gasteiger partial charge in [0.15, 0.2) is 6.29 Å². The average Bonchev–Trinajstić information content (AvgIpc) is 3.29. The van der Waals surface area contributed by atoms with Crippen LogP contribution in [-0.2, 0) is 20.8 Å². The van der Waals surface area contributed by atoms with E-state index in [-0.39, 0.29) is 6.04 Å². The molecule has 2 fully saturated rings. The highest BCUT2D eigenvalue weighted by Crippen LogP contribution is 2.17. The molecule has 1 aromatic carbocycles. The highest BCUT2D eigenvalue weighted by molar-refractivity contribution is 5.90. The van der Waals surface area contributed by atoms with Crippen molar-refractivity contribution in [1.82, 2.24) is 20.3 Å². The minimum Gasteiger partial charge on any atom is -0.365 e. The molecule has 182 valence electrons. The molecule has 34 heavy (non-hydrogen) atoms. The summed E-state index contributed by atoms with van der Waals surface area (Å²) in [6.07, 6.45) is 9.95. The van der Waals surface area contributed by atoms with Gasteiger partial charge in [-0.2, -0.15) is 0 Å². The lowest BCUT2D eigenvalue weighted by Gasteiger charge is -2.21. The molecular formula is C24H29F2N5O3. The van der Waals surface area contributed by atoms with Crippen molar-refractivity contribution in [3.05, 3.63) is 59.6 Å². The van der Waals surface area contributed by atoms with E-state index >= 15 is 0 Å². The van der Waals surface area contributed by atoms with Crippen molar-refractivity contribution in [2.75, 3.05) is 31.6 Å². The molecule has 2 aliphatic heterocycles. The zero-order valence-electron chi connectivity index (χ0n) is 18.9. The van der Waals surface area contributed by atoms with E-state index in [4.69, 9.17) is 9.57 Å². The second-order valence-corrected chi connectivity index (χ2v) is 8.46. The second-order valence-electron chi connectivity index (χ2n) is 8.46. The molecule has 0 aliphatic carbocycles. The Morgan fingerprint density at radius 1 is 1.24 bits per heavy atom. The van der Waals surface area contributed by atoms with Gasteiger partial charge in [0.2, 0.25) is 0 Å². The molecule has 1 aromatic heterocycles. The molecule has 2 atom stereocenters. The van der Waals surface area contributed by atoms with Gasteiger partial charge in [0.05, 0.1) is 18.1 Å². The fraction of sp³-hybridized carbons (Fsp3) is 0.458. The lowest BCUT2D eigenvalue weighted by Crippen LogP contribution is -2.32. The van der Waals surface area contributed by atoms with Crippen molar-refractivity contribution in [2.45, 2.75) is 44.4 Å². The Hall–Kier alpha value is -2.95. The molecule has 0 bridgehead atoms. The summed E-state index contributed by atoms with van der Waals surface area (Å²) in [5, 5.41) is 3.36. The molecule has 1 amide bonds. The maximum atomic E-state index is 13.8. The molecule has 0 spiro atoms.